The van der Waals surface area contributed by atoms with Crippen molar-refractivity contribution in [3.8, 4) is 0 Å². The number of aliphatic carboxylic acids is 1. The zero-order valence-electron chi connectivity index (χ0n) is 17.8. The van der Waals surface area contributed by atoms with E-state index in [2.05, 4.69) is 5.43 Å². The van der Waals surface area contributed by atoms with Crippen LogP contribution in [-0.2, 0) is 25.5 Å². The Balaban J connectivity index is 2.14. The molecule has 1 aliphatic rings. The van der Waals surface area contributed by atoms with E-state index in [9.17, 15) is 19.5 Å². The minimum atomic E-state index is -0.872. The molecule has 8 nitrogen and oxygen atoms in total. The Morgan fingerprint density at radius 2 is 2.10 bits per heavy atom. The zero-order valence-corrected chi connectivity index (χ0v) is 17.8. The first-order valence-corrected chi connectivity index (χ1v) is 10.6. The molecule has 166 valence electrons. The van der Waals surface area contributed by atoms with Crippen molar-refractivity contribution in [1.29, 1.82) is 0 Å². The predicted molar refractivity (Wildman–Crippen MR) is 113 cm³/mol. The van der Waals surface area contributed by atoms with Crippen molar-refractivity contribution in [2.45, 2.75) is 57.7 Å². The normalized spacial score (nSPS) is 19.2. The summed E-state index contributed by atoms with van der Waals surface area (Å²) in [5, 5.41) is 11.2. The Morgan fingerprint density at radius 1 is 1.37 bits per heavy atom. The summed E-state index contributed by atoms with van der Waals surface area (Å²) >= 11 is 0. The van der Waals surface area contributed by atoms with Gasteiger partial charge < -0.3 is 14.6 Å². The summed E-state index contributed by atoms with van der Waals surface area (Å²) < 4.78 is 5.30. The molecule has 1 aromatic carbocycles. The van der Waals surface area contributed by atoms with Crippen LogP contribution in [0.15, 0.2) is 30.3 Å². The summed E-state index contributed by atoms with van der Waals surface area (Å²) in [5.41, 5.74) is 4.24. The first-order chi connectivity index (χ1) is 14.5. The van der Waals surface area contributed by atoms with Gasteiger partial charge in [-0.05, 0) is 45.1 Å². The smallest absolute Gasteiger partial charge is 0.323 e. The third kappa shape index (κ3) is 6.90. The summed E-state index contributed by atoms with van der Waals surface area (Å²) in [6.07, 6.45) is 3.36. The van der Waals surface area contributed by atoms with E-state index in [1.807, 2.05) is 35.2 Å². The summed E-state index contributed by atoms with van der Waals surface area (Å²) in [4.78, 5) is 37.7. The van der Waals surface area contributed by atoms with E-state index in [-0.39, 0.29) is 12.6 Å². The Labute approximate surface area is 178 Å². The zero-order chi connectivity index (χ0) is 21.9. The number of hydrogen-bond donors (Lipinski definition) is 2. The molecule has 3 atom stereocenters. The number of hydrogen-bond acceptors (Lipinski definition) is 7. The second kappa shape index (κ2) is 12.4. The molecule has 1 fully saturated rings. The third-order valence-corrected chi connectivity index (χ3v) is 5.46. The molecule has 0 saturated carbocycles. The topological polar surface area (TPSA) is 99.2 Å². The molecular weight excluding hydrogens is 386 g/mol. The molecule has 1 aromatic rings. The number of hydrazine groups is 1. The van der Waals surface area contributed by atoms with Gasteiger partial charge in [0.2, 0.25) is 0 Å². The lowest BCUT2D eigenvalue weighted by atomic mass is 10.0. The van der Waals surface area contributed by atoms with Gasteiger partial charge >= 0.3 is 11.9 Å². The summed E-state index contributed by atoms with van der Waals surface area (Å²) in [5.74, 6) is -1.23. The fourth-order valence-corrected chi connectivity index (χ4v) is 3.83. The highest BCUT2D eigenvalue weighted by atomic mass is 16.5. The van der Waals surface area contributed by atoms with Gasteiger partial charge in [0, 0.05) is 19.6 Å². The molecule has 0 bridgehead atoms. The van der Waals surface area contributed by atoms with E-state index < -0.39 is 24.1 Å². The van der Waals surface area contributed by atoms with Gasteiger partial charge in [0.1, 0.15) is 18.4 Å². The third-order valence-electron chi connectivity index (χ3n) is 5.46. The van der Waals surface area contributed by atoms with Crippen molar-refractivity contribution in [2.24, 2.45) is 0 Å². The Morgan fingerprint density at radius 3 is 2.73 bits per heavy atom. The highest BCUT2D eigenvalue weighted by molar-refractivity contribution is 5.76. The molecule has 2 rings (SSSR count). The van der Waals surface area contributed by atoms with Gasteiger partial charge in [-0.15, -0.1) is 0 Å². The average molecular weight is 420 g/mol. The molecule has 0 aromatic heterocycles. The van der Waals surface area contributed by atoms with Crippen LogP contribution in [0.4, 0.5) is 0 Å². The standard InChI is InChI=1S/C22H33N3O5/c1-3-30-22(29)20(12-11-18-8-5-4-6-9-18)24(17(2)16-26)14-15-25-19(21(27)28)10-7-13-23-25/h4-6,8-9,16-17,19-20,23H,3,7,10-15H2,1-2H3,(H,27,28)/t17-,19?,20-/m0/s1. The predicted octanol–water partition coefficient (Wildman–Crippen LogP) is 1.49. The maximum absolute atomic E-state index is 12.7. The summed E-state index contributed by atoms with van der Waals surface area (Å²) in [7, 11) is 0. The van der Waals surface area contributed by atoms with Crippen LogP contribution in [0, 0.1) is 0 Å². The number of carboxylic acids is 1. The van der Waals surface area contributed by atoms with Crippen molar-refractivity contribution in [3.05, 3.63) is 35.9 Å². The number of aldehydes is 1. The first-order valence-electron chi connectivity index (χ1n) is 10.6. The fraction of sp³-hybridized carbons (Fsp3) is 0.591. The largest absolute Gasteiger partial charge is 0.480 e. The van der Waals surface area contributed by atoms with Gasteiger partial charge in [0.05, 0.1) is 12.6 Å². The van der Waals surface area contributed by atoms with Crippen LogP contribution in [0.1, 0.15) is 38.7 Å². The number of rotatable bonds is 12. The minimum Gasteiger partial charge on any atom is -0.480 e. The summed E-state index contributed by atoms with van der Waals surface area (Å²) in [6.45, 7) is 5.24. The fourth-order valence-electron chi connectivity index (χ4n) is 3.83. The SMILES string of the molecule is CCOC(=O)[C@H](CCc1ccccc1)N(CCN1NCCCC1C(=O)O)[C@@H](C)C=O. The van der Waals surface area contributed by atoms with Crippen LogP contribution in [0.25, 0.3) is 0 Å². The average Bonchev–Trinajstić information content (AvgIpc) is 2.76. The monoisotopic (exact) mass is 419 g/mol. The Bertz CT molecular complexity index is 685. The minimum absolute atomic E-state index is 0.263. The highest BCUT2D eigenvalue weighted by Crippen LogP contribution is 2.16. The number of ether oxygens (including phenoxy) is 1. The molecule has 0 radical (unpaired) electrons. The van der Waals surface area contributed by atoms with E-state index in [0.717, 1.165) is 18.3 Å². The molecule has 1 heterocycles. The molecule has 30 heavy (non-hydrogen) atoms. The molecule has 0 aliphatic carbocycles. The number of carboxylic acid groups (broad SMARTS) is 1. The number of benzene rings is 1. The Hall–Kier alpha value is -2.29. The molecule has 1 aliphatic heterocycles. The van der Waals surface area contributed by atoms with Crippen LogP contribution in [0.3, 0.4) is 0 Å². The van der Waals surface area contributed by atoms with Crippen molar-refractivity contribution in [1.82, 2.24) is 15.3 Å². The molecule has 2 N–H and O–H groups in total. The molecular formula is C22H33N3O5. The lowest BCUT2D eigenvalue weighted by molar-refractivity contribution is -0.152. The Kier molecular flexibility index (Phi) is 9.93. The van der Waals surface area contributed by atoms with Gasteiger partial charge in [-0.3, -0.25) is 19.9 Å². The maximum Gasteiger partial charge on any atom is 0.323 e. The van der Waals surface area contributed by atoms with Gasteiger partial charge in [0.15, 0.2) is 0 Å². The number of carbonyl (C=O) groups is 3. The number of nitrogens with one attached hydrogen (secondary N) is 1. The van der Waals surface area contributed by atoms with Crippen LogP contribution in [0.5, 0.6) is 0 Å². The maximum atomic E-state index is 12.7. The van der Waals surface area contributed by atoms with Crippen LogP contribution >= 0.6 is 0 Å². The van der Waals surface area contributed by atoms with E-state index in [1.165, 1.54) is 0 Å². The highest BCUT2D eigenvalue weighted by Gasteiger charge is 2.33. The van der Waals surface area contributed by atoms with Crippen LogP contribution < -0.4 is 5.43 Å². The van der Waals surface area contributed by atoms with Crippen molar-refractivity contribution < 1.29 is 24.2 Å². The number of nitrogens with zero attached hydrogens (tertiary/aromatic N) is 2. The van der Waals surface area contributed by atoms with Gasteiger partial charge in [-0.1, -0.05) is 30.3 Å². The lowest BCUT2D eigenvalue weighted by Gasteiger charge is -2.38. The second-order valence-corrected chi connectivity index (χ2v) is 7.50. The quantitative estimate of drug-likeness (QED) is 0.388. The van der Waals surface area contributed by atoms with Crippen molar-refractivity contribution in [3.63, 3.8) is 0 Å². The van der Waals surface area contributed by atoms with Gasteiger partial charge in [-0.25, -0.2) is 5.01 Å². The van der Waals surface area contributed by atoms with E-state index >= 15 is 0 Å². The lowest BCUT2D eigenvalue weighted by Crippen LogP contribution is -2.57. The number of carbonyl (C=O) groups excluding carboxylic acids is 2. The second-order valence-electron chi connectivity index (χ2n) is 7.50. The summed E-state index contributed by atoms with van der Waals surface area (Å²) in [6, 6.07) is 8.16. The number of esters is 1. The van der Waals surface area contributed by atoms with Crippen molar-refractivity contribution in [2.75, 3.05) is 26.2 Å². The first kappa shape index (κ1) is 24.0. The van der Waals surface area contributed by atoms with Gasteiger partial charge in [-0.2, -0.15) is 0 Å². The molecule has 0 amide bonds. The molecule has 0 spiro atoms. The van der Waals surface area contributed by atoms with Crippen LogP contribution in [0.2, 0.25) is 0 Å². The molecule has 1 saturated heterocycles. The molecule has 8 heteroatoms. The van der Waals surface area contributed by atoms with E-state index in [1.54, 1.807) is 18.9 Å². The number of aryl methyl sites for hydroxylation is 1. The van der Waals surface area contributed by atoms with Crippen LogP contribution in [-0.4, -0.2) is 77.6 Å². The van der Waals surface area contributed by atoms with Crippen molar-refractivity contribution >= 4 is 18.2 Å². The van der Waals surface area contributed by atoms with E-state index in [0.29, 0.717) is 38.9 Å². The van der Waals surface area contributed by atoms with Gasteiger partial charge in [0.25, 0.3) is 0 Å². The van der Waals surface area contributed by atoms with E-state index in [4.69, 9.17) is 4.74 Å². The molecule has 1 unspecified atom stereocenters.